The lowest BCUT2D eigenvalue weighted by Gasteiger charge is -2.20. The van der Waals surface area contributed by atoms with Crippen molar-refractivity contribution in [3.05, 3.63) is 126 Å². The molecule has 4 aromatic carbocycles. The molecule has 0 saturated heterocycles. The van der Waals surface area contributed by atoms with Gasteiger partial charge < -0.3 is 9.47 Å². The van der Waals surface area contributed by atoms with Crippen LogP contribution in [0.15, 0.2) is 126 Å². The predicted octanol–water partition coefficient (Wildman–Crippen LogP) is 20.0. The number of thioether (sulfide) groups is 14. The van der Waals surface area contributed by atoms with Gasteiger partial charge in [-0.15, -0.1) is 70.6 Å². The second-order valence-electron chi connectivity index (χ2n) is 15.0. The molecule has 64 heavy (non-hydrogen) atoms. The van der Waals surface area contributed by atoms with E-state index >= 15 is 0 Å². The highest BCUT2D eigenvalue weighted by atomic mass is 32.3. The van der Waals surface area contributed by atoms with E-state index in [-0.39, 0.29) is 0 Å². The molecule has 4 aromatic rings. The van der Waals surface area contributed by atoms with Crippen LogP contribution < -0.4 is 9.47 Å². The zero-order valence-electron chi connectivity index (χ0n) is 34.9. The van der Waals surface area contributed by atoms with Gasteiger partial charge in [-0.05, 0) is 81.7 Å². The number of ether oxygens (including phenoxy) is 2. The molecule has 0 fully saturated rings. The highest BCUT2D eigenvalue weighted by Crippen LogP contribution is 2.66. The fraction of sp³-hybridized carbons (Fsp3) is 0.333. The van der Waals surface area contributed by atoms with Crippen LogP contribution in [-0.4, -0.2) is 47.7 Å². The van der Waals surface area contributed by atoms with E-state index in [4.69, 9.17) is 9.47 Å². The summed E-state index contributed by atoms with van der Waals surface area (Å²) in [5.74, 6) is 9.21. The van der Waals surface area contributed by atoms with E-state index in [0.717, 1.165) is 35.5 Å². The number of unbranched alkanes of at least 4 members (excludes halogenated alkanes) is 6. The Bertz CT molecular complexity index is 2340. The lowest BCUT2D eigenvalue weighted by Crippen LogP contribution is -2.03. The molecule has 0 radical (unpaired) electrons. The Hall–Kier alpha value is 0.340. The first-order chi connectivity index (χ1) is 31.7. The second kappa shape index (κ2) is 24.4. The minimum absolute atomic E-state index is 0.708. The Morgan fingerprint density at radius 1 is 0.391 bits per heavy atom. The largest absolute Gasteiger partial charge is 0.493 e. The summed E-state index contributed by atoms with van der Waals surface area (Å²) in [7, 11) is 0. The molecule has 16 heteroatoms. The summed E-state index contributed by atoms with van der Waals surface area (Å²) in [6.45, 7) is 1.42. The molecule has 10 rings (SSSR count). The normalized spacial score (nSPS) is 18.8. The summed E-state index contributed by atoms with van der Waals surface area (Å²) in [4.78, 5) is 0. The van der Waals surface area contributed by atoms with Crippen LogP contribution in [0.2, 0.25) is 0 Å². The van der Waals surface area contributed by atoms with Crippen LogP contribution in [0.4, 0.5) is 0 Å². The molecule has 334 valence electrons. The van der Waals surface area contributed by atoms with Gasteiger partial charge in [0.25, 0.3) is 0 Å². The number of hydrogen-bond acceptors (Lipinski definition) is 16. The predicted molar refractivity (Wildman–Crippen MR) is 315 cm³/mol. The summed E-state index contributed by atoms with van der Waals surface area (Å²) in [5, 5.41) is 9.59. The van der Waals surface area contributed by atoms with Crippen LogP contribution in [0.3, 0.4) is 0 Å². The third kappa shape index (κ3) is 12.3. The van der Waals surface area contributed by atoms with Crippen molar-refractivity contribution in [3.8, 4) is 22.6 Å². The average molecular weight is 1100 g/mol. The summed E-state index contributed by atoms with van der Waals surface area (Å²) in [6.07, 6.45) is 9.35. The monoisotopic (exact) mass is 1100 g/mol. The Labute approximate surface area is 438 Å². The standard InChI is InChI=1S/C48H46O2S14/c1(3-11-23-51-37-29-57-45(59-37)47-61-41-42(62-47)54-26-25-53-41)9-21-49-35-19-17-31-13-5-7-15-33(31)39(35)40-34-16-8-6-14-32(34)18-20-36(40)50-22-10-2-4-12-24-52-38-30-58-46(60-38)48-63-43-44(64-48)56-28-27-55-43/h5-8,13-20,29-30H,1-4,9-12,21-28H2. The molecule has 2 nitrogen and oxygen atoms in total. The summed E-state index contributed by atoms with van der Waals surface area (Å²) in [5.41, 5.74) is 2.29. The average Bonchev–Trinajstić information content (AvgIpc) is 4.17. The van der Waals surface area contributed by atoms with Crippen LogP contribution in [0.1, 0.15) is 51.4 Å². The lowest BCUT2D eigenvalue weighted by atomic mass is 9.92. The SMILES string of the molecule is C1=C(SCCCCCCOc2ccc3ccccc3c2-c2c(OCCCCCCSC3=CSC(=C4SC5=C(SCCS5)S4)S3)ccc3ccccc23)SC(=C2SC3=C(SCCS3)S2)S1. The summed E-state index contributed by atoms with van der Waals surface area (Å²) < 4.78 is 28.5. The van der Waals surface area contributed by atoms with Crippen LogP contribution >= 0.6 is 165 Å². The molecular formula is C48H46O2S14. The van der Waals surface area contributed by atoms with E-state index in [1.807, 2.05) is 165 Å². The fourth-order valence-corrected chi connectivity index (χ4v) is 27.5. The van der Waals surface area contributed by atoms with Gasteiger partial charge >= 0.3 is 0 Å². The zero-order chi connectivity index (χ0) is 42.9. The minimum Gasteiger partial charge on any atom is -0.493 e. The first-order valence-electron chi connectivity index (χ1n) is 21.6. The van der Waals surface area contributed by atoms with Crippen molar-refractivity contribution in [2.24, 2.45) is 0 Å². The van der Waals surface area contributed by atoms with E-state index in [9.17, 15) is 0 Å². The van der Waals surface area contributed by atoms with E-state index in [1.54, 1.807) is 0 Å². The Morgan fingerprint density at radius 3 is 1.23 bits per heavy atom. The second-order valence-corrected chi connectivity index (χ2v) is 32.2. The highest BCUT2D eigenvalue weighted by Gasteiger charge is 2.31. The molecule has 0 aromatic heterocycles. The van der Waals surface area contributed by atoms with Gasteiger partial charge in [0, 0.05) is 34.1 Å². The Balaban J connectivity index is 0.692. The first-order valence-corrected chi connectivity index (χ1v) is 34.1. The molecule has 0 spiro atoms. The van der Waals surface area contributed by atoms with Crippen LogP contribution in [0.25, 0.3) is 32.7 Å². The molecule has 0 aliphatic carbocycles. The van der Waals surface area contributed by atoms with Crippen LogP contribution in [0, 0.1) is 0 Å². The number of hydrogen-bond donors (Lipinski definition) is 0. The van der Waals surface area contributed by atoms with Gasteiger partial charge in [-0.1, -0.05) is 180 Å². The number of fused-ring (bicyclic) bond motifs is 2. The minimum atomic E-state index is 0.708. The molecule has 6 heterocycles. The van der Waals surface area contributed by atoms with Crippen molar-refractivity contribution in [3.63, 3.8) is 0 Å². The number of rotatable bonds is 19. The van der Waals surface area contributed by atoms with Gasteiger partial charge in [0.15, 0.2) is 0 Å². The summed E-state index contributed by atoms with van der Waals surface area (Å²) >= 11 is 28.0. The Kier molecular flexibility index (Phi) is 18.3. The van der Waals surface area contributed by atoms with Gasteiger partial charge in [0.05, 0.1) is 55.6 Å². The van der Waals surface area contributed by atoms with Gasteiger partial charge in [-0.2, -0.15) is 0 Å². The lowest BCUT2D eigenvalue weighted by molar-refractivity contribution is 0.302. The molecule has 0 amide bonds. The van der Waals surface area contributed by atoms with Crippen molar-refractivity contribution >= 4 is 186 Å². The van der Waals surface area contributed by atoms with Gasteiger partial charge in [-0.25, -0.2) is 0 Å². The maximum atomic E-state index is 6.75. The molecule has 0 saturated carbocycles. The zero-order valence-corrected chi connectivity index (χ0v) is 46.4. The first kappa shape index (κ1) is 48.0. The quantitative estimate of drug-likeness (QED) is 0.0830. The van der Waals surface area contributed by atoms with Crippen molar-refractivity contribution in [1.29, 1.82) is 0 Å². The smallest absolute Gasteiger partial charge is 0.127 e. The van der Waals surface area contributed by atoms with E-state index in [1.165, 1.54) is 137 Å². The molecular weight excluding hydrogens is 1060 g/mol. The van der Waals surface area contributed by atoms with Crippen molar-refractivity contribution in [2.75, 3.05) is 47.7 Å². The third-order valence-electron chi connectivity index (χ3n) is 10.5. The van der Waals surface area contributed by atoms with Crippen LogP contribution in [0.5, 0.6) is 11.5 Å². The molecule has 0 N–H and O–H groups in total. The third-order valence-corrected chi connectivity index (χ3v) is 30.8. The van der Waals surface area contributed by atoms with Crippen LogP contribution in [-0.2, 0) is 0 Å². The summed E-state index contributed by atoms with van der Waals surface area (Å²) in [6, 6.07) is 26.3. The van der Waals surface area contributed by atoms with Crippen molar-refractivity contribution < 1.29 is 9.47 Å². The molecule has 0 bridgehead atoms. The fourth-order valence-electron chi connectivity index (χ4n) is 7.48. The number of benzene rings is 4. The van der Waals surface area contributed by atoms with Crippen molar-refractivity contribution in [2.45, 2.75) is 51.4 Å². The van der Waals surface area contributed by atoms with E-state index in [0.29, 0.717) is 13.2 Å². The maximum Gasteiger partial charge on any atom is 0.127 e. The highest BCUT2D eigenvalue weighted by molar-refractivity contribution is 8.45. The maximum absolute atomic E-state index is 6.75. The molecule has 0 atom stereocenters. The van der Waals surface area contributed by atoms with Crippen molar-refractivity contribution in [1.82, 2.24) is 0 Å². The topological polar surface area (TPSA) is 18.5 Å². The molecule has 0 unspecified atom stereocenters. The van der Waals surface area contributed by atoms with Gasteiger partial charge in [0.1, 0.15) is 11.5 Å². The molecule has 6 aliphatic heterocycles. The molecule has 6 aliphatic rings. The van der Waals surface area contributed by atoms with Gasteiger partial charge in [0.2, 0.25) is 0 Å². The Morgan fingerprint density at radius 2 is 0.797 bits per heavy atom. The van der Waals surface area contributed by atoms with E-state index in [2.05, 4.69) is 83.6 Å². The van der Waals surface area contributed by atoms with E-state index < -0.39 is 0 Å². The van der Waals surface area contributed by atoms with Gasteiger partial charge in [-0.3, -0.25) is 0 Å².